The number of carbonyl (C=O) groups excluding carboxylic acids is 1. The summed E-state index contributed by atoms with van der Waals surface area (Å²) in [5.41, 5.74) is 2.11. The Labute approximate surface area is 218 Å². The number of ether oxygens (including phenoxy) is 2. The van der Waals surface area contributed by atoms with Gasteiger partial charge in [-0.05, 0) is 68.8 Å². The highest BCUT2D eigenvalue weighted by Crippen LogP contribution is 2.34. The first-order valence-electron chi connectivity index (χ1n) is 13.6. The molecule has 3 aliphatic rings. The van der Waals surface area contributed by atoms with E-state index in [1.165, 1.54) is 12.0 Å². The molecule has 37 heavy (non-hydrogen) atoms. The van der Waals surface area contributed by atoms with E-state index in [1.807, 2.05) is 30.5 Å². The highest BCUT2D eigenvalue weighted by atomic mass is 16.6. The number of hydrogen-bond acceptors (Lipinski definition) is 7. The molecular weight excluding hydrogens is 466 g/mol. The summed E-state index contributed by atoms with van der Waals surface area (Å²) in [5.74, 6) is 3.30. The molecular formula is C29H35N5O3. The fourth-order valence-electron chi connectivity index (χ4n) is 5.92. The molecule has 1 aromatic carbocycles. The first-order valence-corrected chi connectivity index (χ1v) is 13.6. The summed E-state index contributed by atoms with van der Waals surface area (Å²) in [6.07, 6.45) is 9.76. The number of nitrogens with one attached hydrogen (secondary N) is 1. The van der Waals surface area contributed by atoms with Gasteiger partial charge in [-0.25, -0.2) is 9.78 Å². The minimum Gasteiger partial charge on any atom is -0.489 e. The lowest BCUT2D eigenvalue weighted by Crippen LogP contribution is -2.47. The van der Waals surface area contributed by atoms with Crippen molar-refractivity contribution in [3.8, 4) is 11.5 Å². The van der Waals surface area contributed by atoms with Gasteiger partial charge in [0.05, 0.1) is 12.1 Å². The lowest BCUT2D eigenvalue weighted by Gasteiger charge is -2.37. The molecule has 4 heterocycles. The van der Waals surface area contributed by atoms with Crippen molar-refractivity contribution in [3.63, 3.8) is 0 Å². The van der Waals surface area contributed by atoms with Crippen LogP contribution in [0.3, 0.4) is 0 Å². The normalized spacial score (nSPS) is 21.9. The molecule has 1 aliphatic carbocycles. The summed E-state index contributed by atoms with van der Waals surface area (Å²) in [4.78, 5) is 26.5. The van der Waals surface area contributed by atoms with E-state index in [4.69, 9.17) is 9.47 Å². The molecule has 1 N–H and O–H groups in total. The highest BCUT2D eigenvalue weighted by Gasteiger charge is 2.27. The molecule has 0 spiro atoms. The van der Waals surface area contributed by atoms with E-state index in [2.05, 4.69) is 31.2 Å². The molecule has 6 rings (SSSR count). The molecule has 2 fully saturated rings. The molecule has 1 amide bonds. The van der Waals surface area contributed by atoms with E-state index >= 15 is 0 Å². The Hall–Kier alpha value is -3.39. The number of hydrogen-bond donors (Lipinski definition) is 1. The lowest BCUT2D eigenvalue weighted by atomic mass is 9.84. The van der Waals surface area contributed by atoms with E-state index in [9.17, 15) is 4.79 Å². The number of anilines is 1. The Morgan fingerprint density at radius 3 is 2.68 bits per heavy atom. The van der Waals surface area contributed by atoms with Crippen molar-refractivity contribution in [1.29, 1.82) is 0 Å². The maximum atomic E-state index is 12.6. The first-order chi connectivity index (χ1) is 18.2. The Morgan fingerprint density at radius 2 is 1.81 bits per heavy atom. The van der Waals surface area contributed by atoms with Crippen LogP contribution in [0.4, 0.5) is 10.6 Å². The summed E-state index contributed by atoms with van der Waals surface area (Å²) < 4.78 is 11.5. The average Bonchev–Trinajstić information content (AvgIpc) is 3.43. The summed E-state index contributed by atoms with van der Waals surface area (Å²) in [5, 5.41) is 3.93. The predicted molar refractivity (Wildman–Crippen MR) is 143 cm³/mol. The number of aromatic nitrogens is 2. The maximum absolute atomic E-state index is 12.6. The second kappa shape index (κ2) is 10.9. The van der Waals surface area contributed by atoms with E-state index in [1.54, 1.807) is 12.3 Å². The van der Waals surface area contributed by atoms with Crippen LogP contribution in [0.1, 0.15) is 37.7 Å². The van der Waals surface area contributed by atoms with Gasteiger partial charge >= 0.3 is 6.09 Å². The molecule has 0 unspecified atom stereocenters. The zero-order valence-electron chi connectivity index (χ0n) is 21.3. The predicted octanol–water partition coefficient (Wildman–Crippen LogP) is 4.42. The molecule has 2 aliphatic heterocycles. The third-order valence-electron chi connectivity index (χ3n) is 8.09. The second-order valence-corrected chi connectivity index (χ2v) is 10.4. The molecule has 0 radical (unpaired) electrons. The molecule has 2 aromatic heterocycles. The topological polar surface area (TPSA) is 79.8 Å². The smallest absolute Gasteiger partial charge is 0.412 e. The van der Waals surface area contributed by atoms with Gasteiger partial charge in [-0.3, -0.25) is 9.88 Å². The van der Waals surface area contributed by atoms with Crippen LogP contribution in [-0.4, -0.2) is 66.3 Å². The number of benzene rings is 1. The molecule has 3 aromatic rings. The van der Waals surface area contributed by atoms with E-state index in [-0.39, 0.29) is 12.1 Å². The van der Waals surface area contributed by atoms with E-state index < -0.39 is 0 Å². The van der Waals surface area contributed by atoms with Crippen LogP contribution in [-0.2, 0) is 6.42 Å². The molecule has 1 saturated carbocycles. The second-order valence-electron chi connectivity index (χ2n) is 10.4. The van der Waals surface area contributed by atoms with Crippen LogP contribution >= 0.6 is 0 Å². The lowest BCUT2D eigenvalue weighted by molar-refractivity contribution is 0.183. The van der Waals surface area contributed by atoms with Gasteiger partial charge in [0.2, 0.25) is 0 Å². The monoisotopic (exact) mass is 501 g/mol. The van der Waals surface area contributed by atoms with Crippen molar-refractivity contribution in [3.05, 3.63) is 54.4 Å². The molecule has 8 nitrogen and oxygen atoms in total. The van der Waals surface area contributed by atoms with Gasteiger partial charge in [-0.15, -0.1) is 0 Å². The number of piperazine rings is 1. The summed E-state index contributed by atoms with van der Waals surface area (Å²) in [7, 11) is 0. The van der Waals surface area contributed by atoms with Crippen LogP contribution in [0, 0.1) is 5.92 Å². The zero-order valence-corrected chi connectivity index (χ0v) is 21.3. The summed E-state index contributed by atoms with van der Waals surface area (Å²) in [6, 6.07) is 11.7. The Bertz CT molecular complexity index is 1230. The fourth-order valence-corrected chi connectivity index (χ4v) is 5.92. The Kier molecular flexibility index (Phi) is 7.08. The third kappa shape index (κ3) is 5.49. The van der Waals surface area contributed by atoms with Gasteiger partial charge in [0, 0.05) is 62.0 Å². The number of pyridine rings is 2. The number of amides is 1. The minimum atomic E-state index is -0.373. The largest absolute Gasteiger partial charge is 0.489 e. The highest BCUT2D eigenvalue weighted by molar-refractivity contribution is 5.87. The van der Waals surface area contributed by atoms with Gasteiger partial charge in [0.25, 0.3) is 0 Å². The van der Waals surface area contributed by atoms with Gasteiger partial charge < -0.3 is 19.7 Å². The van der Waals surface area contributed by atoms with Crippen molar-refractivity contribution in [1.82, 2.24) is 20.2 Å². The first kappa shape index (κ1) is 24.0. The van der Waals surface area contributed by atoms with Crippen molar-refractivity contribution in [2.45, 2.75) is 44.6 Å². The van der Waals surface area contributed by atoms with Crippen LogP contribution in [0.25, 0.3) is 10.9 Å². The number of rotatable bonds is 6. The molecule has 0 bridgehead atoms. The SMILES string of the molecule is O=C(N[C@H]1CC[C@H](CCN2CCN(c3nccc4c3OCC4)CC2)CC1)Oc1ccnc2ccccc12. The molecule has 1 saturated heterocycles. The zero-order chi connectivity index (χ0) is 25.0. The van der Waals surface area contributed by atoms with Crippen LogP contribution in [0.2, 0.25) is 0 Å². The van der Waals surface area contributed by atoms with Crippen molar-refractivity contribution in [2.24, 2.45) is 5.92 Å². The quantitative estimate of drug-likeness (QED) is 0.535. The number of para-hydroxylation sites is 1. The Balaban J connectivity index is 0.915. The average molecular weight is 502 g/mol. The van der Waals surface area contributed by atoms with Crippen LogP contribution in [0.5, 0.6) is 11.5 Å². The van der Waals surface area contributed by atoms with Crippen molar-refractivity contribution >= 4 is 22.8 Å². The fraction of sp³-hybridized carbons (Fsp3) is 0.483. The van der Waals surface area contributed by atoms with Crippen molar-refractivity contribution < 1.29 is 14.3 Å². The summed E-state index contributed by atoms with van der Waals surface area (Å²) in [6.45, 7) is 6.05. The van der Waals surface area contributed by atoms with Crippen molar-refractivity contribution in [2.75, 3.05) is 44.2 Å². The summed E-state index contributed by atoms with van der Waals surface area (Å²) >= 11 is 0. The standard InChI is InChI=1S/C29H35N5O3/c35-29(37-26-10-14-30-25-4-2-1-3-24(25)26)32-23-7-5-21(6-8-23)11-15-33-16-18-34(19-17-33)28-27-22(9-13-31-28)12-20-36-27/h1-4,9-10,13-14,21,23H,5-8,11-12,15-20H2,(H,32,35)/t21-,23-. The van der Waals surface area contributed by atoms with Gasteiger partial charge in [0.15, 0.2) is 11.6 Å². The number of nitrogens with zero attached hydrogens (tertiary/aromatic N) is 4. The maximum Gasteiger partial charge on any atom is 0.412 e. The minimum absolute atomic E-state index is 0.183. The number of carbonyl (C=O) groups is 1. The van der Waals surface area contributed by atoms with Crippen LogP contribution in [0.15, 0.2) is 48.8 Å². The third-order valence-corrected chi connectivity index (χ3v) is 8.09. The Morgan fingerprint density at radius 1 is 1.00 bits per heavy atom. The molecule has 0 atom stereocenters. The van der Waals surface area contributed by atoms with E-state index in [0.717, 1.165) is 99.8 Å². The molecule has 8 heteroatoms. The van der Waals surface area contributed by atoms with Gasteiger partial charge in [-0.1, -0.05) is 12.1 Å². The van der Waals surface area contributed by atoms with Crippen LogP contribution < -0.4 is 19.7 Å². The van der Waals surface area contributed by atoms with Gasteiger partial charge in [0.1, 0.15) is 5.75 Å². The number of fused-ring (bicyclic) bond motifs is 2. The molecule has 194 valence electrons. The van der Waals surface area contributed by atoms with E-state index in [0.29, 0.717) is 5.75 Å². The van der Waals surface area contributed by atoms with Gasteiger partial charge in [-0.2, -0.15) is 0 Å².